The Balaban J connectivity index is 1.32. The second-order valence-corrected chi connectivity index (χ2v) is 8.11. The summed E-state index contributed by atoms with van der Waals surface area (Å²) < 4.78 is 1.55. The summed E-state index contributed by atoms with van der Waals surface area (Å²) in [5.74, 6) is 0.0986. The Morgan fingerprint density at radius 2 is 1.80 bits per heavy atom. The second-order valence-electron chi connectivity index (χ2n) is 8.11. The van der Waals surface area contributed by atoms with Crippen LogP contribution in [0.4, 0.5) is 0 Å². The van der Waals surface area contributed by atoms with E-state index in [0.717, 1.165) is 43.8 Å². The fraction of sp³-hybridized carbons (Fsp3) is 0.375. The van der Waals surface area contributed by atoms with Gasteiger partial charge in [0, 0.05) is 45.7 Å². The Labute approximate surface area is 176 Å². The molecule has 1 aromatic heterocycles. The van der Waals surface area contributed by atoms with Crippen LogP contribution in [0.15, 0.2) is 53.6 Å². The lowest BCUT2D eigenvalue weighted by atomic mass is 10.1. The Morgan fingerprint density at radius 3 is 2.57 bits per heavy atom. The first-order valence-corrected chi connectivity index (χ1v) is 10.5. The van der Waals surface area contributed by atoms with Crippen molar-refractivity contribution in [2.45, 2.75) is 33.4 Å². The van der Waals surface area contributed by atoms with Gasteiger partial charge in [-0.15, -0.1) is 0 Å². The lowest BCUT2D eigenvalue weighted by Gasteiger charge is -2.35. The topological polar surface area (TPSA) is 58.4 Å². The van der Waals surface area contributed by atoms with Gasteiger partial charge in [-0.3, -0.25) is 19.1 Å². The molecule has 1 saturated heterocycles. The smallest absolute Gasteiger partial charge is 0.261 e. The summed E-state index contributed by atoms with van der Waals surface area (Å²) in [7, 11) is 0. The number of carbonyl (C=O) groups excluding carboxylic acids is 1. The first kappa shape index (κ1) is 20.3. The van der Waals surface area contributed by atoms with Crippen LogP contribution in [0.2, 0.25) is 0 Å². The molecule has 0 N–H and O–H groups in total. The summed E-state index contributed by atoms with van der Waals surface area (Å²) in [6.07, 6.45) is 1.88. The maximum Gasteiger partial charge on any atom is 0.261 e. The number of carbonyl (C=O) groups is 1. The van der Waals surface area contributed by atoms with E-state index in [0.29, 0.717) is 18.4 Å². The van der Waals surface area contributed by atoms with Crippen LogP contribution in [0.5, 0.6) is 0 Å². The number of nitrogens with zero attached hydrogens (tertiary/aromatic N) is 4. The van der Waals surface area contributed by atoms with Gasteiger partial charge in [0.25, 0.3) is 5.56 Å². The van der Waals surface area contributed by atoms with E-state index in [2.05, 4.69) is 41.1 Å². The largest absolute Gasteiger partial charge is 0.340 e. The van der Waals surface area contributed by atoms with Crippen LogP contribution < -0.4 is 5.56 Å². The zero-order valence-electron chi connectivity index (χ0n) is 17.7. The van der Waals surface area contributed by atoms with Crippen molar-refractivity contribution in [1.29, 1.82) is 0 Å². The molecule has 4 rings (SSSR count). The molecule has 0 unspecified atom stereocenters. The van der Waals surface area contributed by atoms with E-state index in [9.17, 15) is 9.59 Å². The van der Waals surface area contributed by atoms with Crippen LogP contribution in [0.1, 0.15) is 23.1 Å². The molecule has 1 amide bonds. The number of aromatic nitrogens is 2. The Kier molecular flexibility index (Phi) is 5.95. The molecule has 0 bridgehead atoms. The highest BCUT2D eigenvalue weighted by atomic mass is 16.2. The quantitative estimate of drug-likeness (QED) is 0.656. The van der Waals surface area contributed by atoms with Crippen LogP contribution in [-0.2, 0) is 17.9 Å². The van der Waals surface area contributed by atoms with Crippen molar-refractivity contribution in [2.75, 3.05) is 26.2 Å². The number of hydrogen-bond acceptors (Lipinski definition) is 4. The summed E-state index contributed by atoms with van der Waals surface area (Å²) in [5, 5.41) is 0.606. The van der Waals surface area contributed by atoms with Gasteiger partial charge in [-0.25, -0.2) is 4.98 Å². The molecule has 2 heterocycles. The zero-order chi connectivity index (χ0) is 21.1. The third-order valence-corrected chi connectivity index (χ3v) is 5.84. The van der Waals surface area contributed by atoms with Crippen molar-refractivity contribution in [3.63, 3.8) is 0 Å². The van der Waals surface area contributed by atoms with E-state index in [4.69, 9.17) is 0 Å². The molecule has 1 fully saturated rings. The van der Waals surface area contributed by atoms with Gasteiger partial charge in [0.15, 0.2) is 0 Å². The van der Waals surface area contributed by atoms with Crippen molar-refractivity contribution in [1.82, 2.24) is 19.4 Å². The monoisotopic (exact) mass is 404 g/mol. The van der Waals surface area contributed by atoms with E-state index < -0.39 is 0 Å². The number of para-hydroxylation sites is 1. The minimum Gasteiger partial charge on any atom is -0.340 e. The number of fused-ring (bicyclic) bond motifs is 1. The molecule has 156 valence electrons. The summed E-state index contributed by atoms with van der Waals surface area (Å²) in [6.45, 7) is 8.54. The minimum absolute atomic E-state index is 0.0838. The lowest BCUT2D eigenvalue weighted by Crippen LogP contribution is -2.48. The van der Waals surface area contributed by atoms with Gasteiger partial charge in [-0.2, -0.15) is 0 Å². The Bertz CT molecular complexity index is 1110. The highest BCUT2D eigenvalue weighted by molar-refractivity contribution is 5.80. The average Bonchev–Trinajstić information content (AvgIpc) is 2.74. The van der Waals surface area contributed by atoms with E-state index in [1.54, 1.807) is 17.0 Å². The maximum atomic E-state index is 12.7. The molecule has 6 heteroatoms. The van der Waals surface area contributed by atoms with Crippen LogP contribution in [-0.4, -0.2) is 51.4 Å². The van der Waals surface area contributed by atoms with E-state index in [1.807, 2.05) is 24.0 Å². The molecule has 0 aliphatic carbocycles. The van der Waals surface area contributed by atoms with Crippen LogP contribution in [0.3, 0.4) is 0 Å². The SMILES string of the molecule is Cc1cccc(CN2CCN(C(=O)CCn3cnc4c(C)cccc4c3=O)CC2)c1. The summed E-state index contributed by atoms with van der Waals surface area (Å²) in [6, 6.07) is 14.2. The van der Waals surface area contributed by atoms with Gasteiger partial charge in [0.05, 0.1) is 17.2 Å². The van der Waals surface area contributed by atoms with Crippen molar-refractivity contribution in [2.24, 2.45) is 0 Å². The molecular weight excluding hydrogens is 376 g/mol. The molecule has 0 saturated carbocycles. The molecule has 0 atom stereocenters. The Morgan fingerprint density at radius 1 is 1.03 bits per heavy atom. The summed E-state index contributed by atoms with van der Waals surface area (Å²) in [5.41, 5.74) is 4.22. The molecular formula is C24H28N4O2. The maximum absolute atomic E-state index is 12.7. The van der Waals surface area contributed by atoms with Gasteiger partial charge in [0.2, 0.25) is 5.91 Å². The van der Waals surface area contributed by atoms with Gasteiger partial charge in [-0.1, -0.05) is 42.0 Å². The zero-order valence-corrected chi connectivity index (χ0v) is 17.7. The van der Waals surface area contributed by atoms with Crippen LogP contribution in [0, 0.1) is 13.8 Å². The van der Waals surface area contributed by atoms with E-state index in [-0.39, 0.29) is 11.5 Å². The average molecular weight is 405 g/mol. The molecule has 1 aliphatic rings. The molecule has 0 spiro atoms. The Hall–Kier alpha value is -2.99. The molecule has 0 radical (unpaired) electrons. The van der Waals surface area contributed by atoms with Crippen molar-refractivity contribution in [3.05, 3.63) is 75.8 Å². The number of benzene rings is 2. The molecule has 1 aliphatic heterocycles. The molecule has 6 nitrogen and oxygen atoms in total. The van der Waals surface area contributed by atoms with E-state index in [1.165, 1.54) is 11.1 Å². The normalized spacial score (nSPS) is 14.9. The lowest BCUT2D eigenvalue weighted by molar-refractivity contribution is -0.133. The molecule has 3 aromatic rings. The number of piperazine rings is 1. The minimum atomic E-state index is -0.0838. The standard InChI is InChI=1S/C24H28N4O2/c1-18-5-3-7-20(15-18)16-26-11-13-27(14-12-26)22(29)9-10-28-17-25-23-19(2)6-4-8-21(23)24(28)30/h3-8,15,17H,9-14,16H2,1-2H3. The number of rotatable bonds is 5. The predicted molar refractivity (Wildman–Crippen MR) is 118 cm³/mol. The predicted octanol–water partition coefficient (Wildman–Crippen LogP) is 2.75. The highest BCUT2D eigenvalue weighted by Crippen LogP contribution is 2.13. The van der Waals surface area contributed by atoms with Gasteiger partial charge in [-0.05, 0) is 31.0 Å². The number of aryl methyl sites for hydroxylation is 3. The fourth-order valence-electron chi connectivity index (χ4n) is 4.10. The second kappa shape index (κ2) is 8.79. The third-order valence-electron chi connectivity index (χ3n) is 5.84. The molecule has 2 aromatic carbocycles. The summed E-state index contributed by atoms with van der Waals surface area (Å²) >= 11 is 0. The van der Waals surface area contributed by atoms with Crippen molar-refractivity contribution >= 4 is 16.8 Å². The van der Waals surface area contributed by atoms with Crippen LogP contribution >= 0.6 is 0 Å². The van der Waals surface area contributed by atoms with Gasteiger partial charge >= 0.3 is 0 Å². The first-order valence-electron chi connectivity index (χ1n) is 10.5. The third kappa shape index (κ3) is 4.44. The van der Waals surface area contributed by atoms with Crippen molar-refractivity contribution in [3.8, 4) is 0 Å². The fourth-order valence-corrected chi connectivity index (χ4v) is 4.10. The van der Waals surface area contributed by atoms with E-state index >= 15 is 0 Å². The first-order chi connectivity index (χ1) is 14.5. The van der Waals surface area contributed by atoms with Crippen LogP contribution in [0.25, 0.3) is 10.9 Å². The van der Waals surface area contributed by atoms with Gasteiger partial charge in [0.1, 0.15) is 0 Å². The summed E-state index contributed by atoms with van der Waals surface area (Å²) in [4.78, 5) is 34.1. The molecule has 30 heavy (non-hydrogen) atoms. The highest BCUT2D eigenvalue weighted by Gasteiger charge is 2.21. The van der Waals surface area contributed by atoms with Gasteiger partial charge < -0.3 is 4.90 Å². The van der Waals surface area contributed by atoms with Crippen molar-refractivity contribution < 1.29 is 4.79 Å². The number of hydrogen-bond donors (Lipinski definition) is 0. The number of amides is 1.